The quantitative estimate of drug-likeness (QED) is 0.513. The van der Waals surface area contributed by atoms with E-state index in [1.807, 2.05) is 36.4 Å². The molecule has 0 aliphatic carbocycles. The Morgan fingerprint density at radius 2 is 1.39 bits per heavy atom. The zero-order chi connectivity index (χ0) is 20.5. The fourth-order valence-electron chi connectivity index (χ4n) is 2.87. The molecular formula is C22H24O6. The summed E-state index contributed by atoms with van der Waals surface area (Å²) in [5.74, 6) is -1.78. The van der Waals surface area contributed by atoms with Crippen LogP contribution in [-0.4, -0.2) is 40.4 Å². The van der Waals surface area contributed by atoms with Crippen LogP contribution in [0.15, 0.2) is 54.6 Å². The van der Waals surface area contributed by atoms with Crippen molar-refractivity contribution in [2.24, 2.45) is 5.92 Å². The average Bonchev–Trinajstić information content (AvgIpc) is 2.75. The van der Waals surface area contributed by atoms with Crippen molar-refractivity contribution in [3.8, 4) is 11.5 Å². The molecule has 0 amide bonds. The first-order valence-corrected chi connectivity index (χ1v) is 8.66. The maximum Gasteiger partial charge on any atom is 0.321 e. The van der Waals surface area contributed by atoms with Gasteiger partial charge in [-0.05, 0) is 35.4 Å². The smallest absolute Gasteiger partial charge is 0.321 e. The summed E-state index contributed by atoms with van der Waals surface area (Å²) < 4.78 is 20.2. The summed E-state index contributed by atoms with van der Waals surface area (Å²) in [6.07, 6.45) is 3.60. The Morgan fingerprint density at radius 1 is 0.821 bits per heavy atom. The van der Waals surface area contributed by atoms with Gasteiger partial charge in [-0.25, -0.2) is 0 Å². The highest BCUT2D eigenvalue weighted by atomic mass is 16.5. The summed E-state index contributed by atoms with van der Waals surface area (Å²) in [6, 6.07) is 14.6. The molecule has 0 spiro atoms. The first-order chi connectivity index (χ1) is 13.5. The van der Waals surface area contributed by atoms with Crippen LogP contribution in [0.25, 0.3) is 6.08 Å². The molecular weight excluding hydrogens is 360 g/mol. The van der Waals surface area contributed by atoms with Crippen LogP contribution in [0.2, 0.25) is 0 Å². The van der Waals surface area contributed by atoms with Crippen LogP contribution in [0.3, 0.4) is 0 Å². The summed E-state index contributed by atoms with van der Waals surface area (Å²) in [4.78, 5) is 24.8. The molecule has 0 N–H and O–H groups in total. The van der Waals surface area contributed by atoms with E-state index in [4.69, 9.17) is 18.9 Å². The summed E-state index contributed by atoms with van der Waals surface area (Å²) in [6.45, 7) is 0. The highest BCUT2D eigenvalue weighted by Gasteiger charge is 2.36. The van der Waals surface area contributed by atoms with E-state index in [-0.39, 0.29) is 0 Å². The van der Waals surface area contributed by atoms with Gasteiger partial charge >= 0.3 is 11.9 Å². The van der Waals surface area contributed by atoms with Crippen molar-refractivity contribution in [1.29, 1.82) is 0 Å². The lowest BCUT2D eigenvalue weighted by Crippen LogP contribution is -2.31. The minimum atomic E-state index is -1.15. The number of allylic oxidation sites excluding steroid dienone is 1. The van der Waals surface area contributed by atoms with Gasteiger partial charge in [0.25, 0.3) is 0 Å². The molecule has 6 heteroatoms. The zero-order valence-corrected chi connectivity index (χ0v) is 16.4. The number of carbonyl (C=O) groups excluding carboxylic acids is 2. The van der Waals surface area contributed by atoms with Crippen molar-refractivity contribution >= 4 is 18.0 Å². The Morgan fingerprint density at radius 3 is 1.96 bits per heavy atom. The van der Waals surface area contributed by atoms with Crippen LogP contribution in [0.1, 0.15) is 17.0 Å². The molecule has 2 aromatic rings. The van der Waals surface area contributed by atoms with Crippen LogP contribution in [-0.2, 0) is 19.1 Å². The fourth-order valence-corrected chi connectivity index (χ4v) is 2.87. The number of ether oxygens (including phenoxy) is 4. The molecule has 0 aliphatic heterocycles. The highest BCUT2D eigenvalue weighted by molar-refractivity contribution is 5.96. The van der Waals surface area contributed by atoms with Gasteiger partial charge in [-0.1, -0.05) is 36.4 Å². The predicted molar refractivity (Wildman–Crippen MR) is 105 cm³/mol. The molecule has 2 aromatic carbocycles. The second-order valence-corrected chi connectivity index (χ2v) is 5.96. The Labute approximate surface area is 164 Å². The van der Waals surface area contributed by atoms with E-state index in [1.165, 1.54) is 14.2 Å². The van der Waals surface area contributed by atoms with Gasteiger partial charge in [0.15, 0.2) is 5.92 Å². The standard InChI is InChI=1S/C22H24O6/c1-25-17-9-5-7-15(13-17)11-12-19(16-8-6-10-18(14-16)26-2)20(21(23)27-3)22(24)28-4/h5-14,19-20H,1-4H3/b12-11+. The molecule has 28 heavy (non-hydrogen) atoms. The van der Waals surface area contributed by atoms with Gasteiger partial charge in [-0.15, -0.1) is 0 Å². The molecule has 6 nitrogen and oxygen atoms in total. The van der Waals surface area contributed by atoms with Crippen LogP contribution >= 0.6 is 0 Å². The summed E-state index contributed by atoms with van der Waals surface area (Å²) in [5, 5.41) is 0. The largest absolute Gasteiger partial charge is 0.497 e. The third-order valence-corrected chi connectivity index (χ3v) is 4.34. The maximum atomic E-state index is 12.4. The van der Waals surface area contributed by atoms with Crippen LogP contribution in [0.4, 0.5) is 0 Å². The molecule has 1 unspecified atom stereocenters. The zero-order valence-electron chi connectivity index (χ0n) is 16.4. The molecule has 148 valence electrons. The highest BCUT2D eigenvalue weighted by Crippen LogP contribution is 2.31. The summed E-state index contributed by atoms with van der Waals surface area (Å²) >= 11 is 0. The van der Waals surface area contributed by atoms with Gasteiger partial charge < -0.3 is 18.9 Å². The Hall–Kier alpha value is -3.28. The lowest BCUT2D eigenvalue weighted by atomic mass is 9.85. The van der Waals surface area contributed by atoms with Crippen molar-refractivity contribution in [2.45, 2.75) is 5.92 Å². The molecule has 0 aromatic heterocycles. The minimum absolute atomic E-state index is 0.610. The fraction of sp³-hybridized carbons (Fsp3) is 0.273. The van der Waals surface area contributed by atoms with E-state index in [0.29, 0.717) is 11.5 Å². The Bertz CT molecular complexity index is 826. The second kappa shape index (κ2) is 10.2. The number of esters is 2. The van der Waals surface area contributed by atoms with Gasteiger partial charge in [-0.2, -0.15) is 0 Å². The molecule has 0 fully saturated rings. The number of rotatable bonds is 8. The Kier molecular flexibility index (Phi) is 7.63. The van der Waals surface area contributed by atoms with Crippen molar-refractivity contribution < 1.29 is 28.5 Å². The third-order valence-electron chi connectivity index (χ3n) is 4.34. The van der Waals surface area contributed by atoms with E-state index < -0.39 is 23.8 Å². The molecule has 2 rings (SSSR count). The SMILES string of the molecule is COC(=O)C(C(=O)OC)C(/C=C/c1cccc(OC)c1)c1cccc(OC)c1. The molecule has 0 aliphatic rings. The number of carbonyl (C=O) groups is 2. The van der Waals surface area contributed by atoms with Crippen LogP contribution < -0.4 is 9.47 Å². The van der Waals surface area contributed by atoms with Gasteiger partial charge in [0.05, 0.1) is 28.4 Å². The van der Waals surface area contributed by atoms with Gasteiger partial charge in [-0.3, -0.25) is 9.59 Å². The number of methoxy groups -OCH3 is 4. The van der Waals surface area contributed by atoms with E-state index >= 15 is 0 Å². The first-order valence-electron chi connectivity index (χ1n) is 8.66. The molecule has 1 atom stereocenters. The average molecular weight is 384 g/mol. The Balaban J connectivity index is 2.51. The monoisotopic (exact) mass is 384 g/mol. The molecule has 0 saturated heterocycles. The summed E-state index contributed by atoms with van der Waals surface area (Å²) in [7, 11) is 5.63. The van der Waals surface area contributed by atoms with E-state index in [2.05, 4.69) is 0 Å². The van der Waals surface area contributed by atoms with Crippen molar-refractivity contribution in [3.63, 3.8) is 0 Å². The van der Waals surface area contributed by atoms with E-state index in [0.717, 1.165) is 11.1 Å². The number of benzene rings is 2. The topological polar surface area (TPSA) is 71.1 Å². The predicted octanol–water partition coefficient (Wildman–Crippen LogP) is 3.46. The normalized spacial score (nSPS) is 11.9. The van der Waals surface area contributed by atoms with E-state index in [1.54, 1.807) is 38.5 Å². The maximum absolute atomic E-state index is 12.4. The van der Waals surface area contributed by atoms with Crippen LogP contribution in [0.5, 0.6) is 11.5 Å². The van der Waals surface area contributed by atoms with Gasteiger partial charge in [0.2, 0.25) is 0 Å². The molecule has 0 radical (unpaired) electrons. The van der Waals surface area contributed by atoms with Gasteiger partial charge in [0.1, 0.15) is 11.5 Å². The van der Waals surface area contributed by atoms with Crippen LogP contribution in [0, 0.1) is 5.92 Å². The van der Waals surface area contributed by atoms with E-state index in [9.17, 15) is 9.59 Å². The molecule has 0 heterocycles. The lowest BCUT2D eigenvalue weighted by molar-refractivity contribution is -0.159. The number of hydrogen-bond donors (Lipinski definition) is 0. The summed E-state index contributed by atoms with van der Waals surface area (Å²) in [5.41, 5.74) is 1.58. The van der Waals surface area contributed by atoms with Crippen molar-refractivity contribution in [1.82, 2.24) is 0 Å². The third kappa shape index (κ3) is 5.13. The molecule has 0 bridgehead atoms. The second-order valence-electron chi connectivity index (χ2n) is 5.96. The lowest BCUT2D eigenvalue weighted by Gasteiger charge is -2.21. The number of hydrogen-bond acceptors (Lipinski definition) is 6. The molecule has 0 saturated carbocycles. The van der Waals surface area contributed by atoms with Crippen molar-refractivity contribution in [2.75, 3.05) is 28.4 Å². The van der Waals surface area contributed by atoms with Gasteiger partial charge in [0, 0.05) is 5.92 Å². The van der Waals surface area contributed by atoms with Crippen molar-refractivity contribution in [3.05, 3.63) is 65.7 Å². The minimum Gasteiger partial charge on any atom is -0.497 e. The first kappa shape index (κ1) is 21.0.